The lowest BCUT2D eigenvalue weighted by molar-refractivity contribution is -0.129. The minimum absolute atomic E-state index is 0.00957. The molecule has 0 rings (SSSR count). The molecule has 0 fully saturated rings. The number of nitrogens with one attached hydrogen (secondary N) is 2. The molecule has 2 unspecified atom stereocenters. The van der Waals surface area contributed by atoms with Gasteiger partial charge in [-0.15, -0.1) is 0 Å². The van der Waals surface area contributed by atoms with Gasteiger partial charge >= 0.3 is 0 Å². The van der Waals surface area contributed by atoms with Gasteiger partial charge in [-0.25, -0.2) is 0 Å². The van der Waals surface area contributed by atoms with Crippen molar-refractivity contribution in [3.63, 3.8) is 0 Å². The summed E-state index contributed by atoms with van der Waals surface area (Å²) in [6, 6.07) is -0.734. The molecular weight excluding hydrogens is 566 g/mol. The Kier molecular flexibility index (Phi) is 26.3. The quantitative estimate of drug-likeness (QED) is 0.0673. The molecule has 0 bridgehead atoms. The first-order valence-electron chi connectivity index (χ1n) is 14.1. The van der Waals surface area contributed by atoms with Crippen molar-refractivity contribution in [1.82, 2.24) is 10.6 Å². The van der Waals surface area contributed by atoms with Gasteiger partial charge in [0, 0.05) is 50.3 Å². The zero-order valence-electron chi connectivity index (χ0n) is 24.1. The second kappa shape index (κ2) is 27.3. The zero-order chi connectivity index (χ0) is 30.7. The monoisotopic (exact) mass is 612 g/mol. The molecule has 0 aliphatic carbocycles. The molecule has 4 radical (unpaired) electrons. The lowest BCUT2D eigenvalue weighted by atomic mass is 10.0. The van der Waals surface area contributed by atoms with Gasteiger partial charge in [0.15, 0.2) is 0 Å². The number of ketones is 2. The van der Waals surface area contributed by atoms with E-state index >= 15 is 0 Å². The summed E-state index contributed by atoms with van der Waals surface area (Å²) in [4.78, 5) is 60.1. The summed E-state index contributed by atoms with van der Waals surface area (Å²) in [7, 11) is 11.0. The molecule has 0 heterocycles. The molecule has 0 saturated heterocycles. The number of nitrogens with two attached hydrogens (primary N) is 2. The van der Waals surface area contributed by atoms with E-state index in [0.29, 0.717) is 43.6 Å². The normalized spacial score (nSPS) is 12.4. The molecule has 6 N–H and O–H groups in total. The first kappa shape index (κ1) is 39.5. The molecule has 0 aliphatic heterocycles. The van der Waals surface area contributed by atoms with Crippen molar-refractivity contribution >= 4 is 68.5 Å². The van der Waals surface area contributed by atoms with E-state index in [1.54, 1.807) is 11.8 Å². The van der Waals surface area contributed by atoms with E-state index in [1.807, 2.05) is 0 Å². The highest BCUT2D eigenvalue weighted by Gasteiger charge is 2.21. The van der Waals surface area contributed by atoms with Crippen molar-refractivity contribution in [3.8, 4) is 0 Å². The van der Waals surface area contributed by atoms with Gasteiger partial charge < -0.3 is 31.6 Å². The standard InChI is InChI=1S/C26H46B2N4O7S2/c27-7-2-14-40-18-20(25(30)36)16-21(33)5-11-39-13-9-31-26(37)23(19-41-15-3-8-28)32-24(35)6-12-38-10-1-4-22(34)17-29/h20,23H,1-19,29H2,(H2,30,36)(H,31,37)(H,32,35). The number of hydrogen-bond donors (Lipinski definition) is 4. The third-order valence-corrected chi connectivity index (χ3v) is 8.00. The summed E-state index contributed by atoms with van der Waals surface area (Å²) < 4.78 is 10.9. The lowest BCUT2D eigenvalue weighted by Gasteiger charge is -2.18. The van der Waals surface area contributed by atoms with Crippen molar-refractivity contribution in [2.24, 2.45) is 17.4 Å². The van der Waals surface area contributed by atoms with Crippen LogP contribution in [0.5, 0.6) is 0 Å². The van der Waals surface area contributed by atoms with E-state index in [0.717, 1.165) is 24.3 Å². The Bertz CT molecular complexity index is 769. The van der Waals surface area contributed by atoms with Crippen LogP contribution in [0.1, 0.15) is 44.9 Å². The highest BCUT2D eigenvalue weighted by Crippen LogP contribution is 2.15. The van der Waals surface area contributed by atoms with Gasteiger partial charge in [0.25, 0.3) is 0 Å². The molecule has 15 heteroatoms. The predicted molar refractivity (Wildman–Crippen MR) is 166 cm³/mol. The van der Waals surface area contributed by atoms with Crippen LogP contribution in [0.25, 0.3) is 0 Å². The van der Waals surface area contributed by atoms with Crippen LogP contribution in [0.4, 0.5) is 0 Å². The van der Waals surface area contributed by atoms with E-state index in [4.69, 9.17) is 36.6 Å². The Morgan fingerprint density at radius 3 is 2.05 bits per heavy atom. The minimum Gasteiger partial charge on any atom is -0.381 e. The fourth-order valence-electron chi connectivity index (χ4n) is 3.26. The van der Waals surface area contributed by atoms with Crippen molar-refractivity contribution in [2.75, 3.05) is 62.5 Å². The molecular formula is C26H46B2N4O7S2. The fourth-order valence-corrected chi connectivity index (χ4v) is 5.38. The molecule has 0 aromatic carbocycles. The summed E-state index contributed by atoms with van der Waals surface area (Å²) in [6.07, 6.45) is 3.95. The van der Waals surface area contributed by atoms with Crippen LogP contribution in [-0.2, 0) is 33.4 Å². The number of carbonyl (C=O) groups excluding carboxylic acids is 5. The Hall–Kier alpha value is -1.54. The molecule has 0 aliphatic rings. The maximum atomic E-state index is 12.7. The Balaban J connectivity index is 4.34. The number of primary amides is 1. The first-order valence-corrected chi connectivity index (χ1v) is 16.4. The van der Waals surface area contributed by atoms with Gasteiger partial charge in [0.05, 0.1) is 48.0 Å². The van der Waals surface area contributed by atoms with Gasteiger partial charge in [0.2, 0.25) is 17.7 Å². The summed E-state index contributed by atoms with van der Waals surface area (Å²) in [5.74, 6) is 0.648. The topological polar surface area (TPSA) is 180 Å². The van der Waals surface area contributed by atoms with Crippen LogP contribution in [0.2, 0.25) is 12.6 Å². The maximum absolute atomic E-state index is 12.7. The van der Waals surface area contributed by atoms with Crippen molar-refractivity contribution in [3.05, 3.63) is 0 Å². The molecule has 0 aromatic rings. The van der Waals surface area contributed by atoms with Crippen molar-refractivity contribution in [1.29, 1.82) is 0 Å². The third kappa shape index (κ3) is 23.7. The van der Waals surface area contributed by atoms with E-state index < -0.39 is 17.9 Å². The smallest absolute Gasteiger partial charge is 0.243 e. The van der Waals surface area contributed by atoms with E-state index in [9.17, 15) is 24.0 Å². The Morgan fingerprint density at radius 2 is 1.41 bits per heavy atom. The van der Waals surface area contributed by atoms with Gasteiger partial charge in [-0.2, -0.15) is 23.5 Å². The second-order valence-electron chi connectivity index (χ2n) is 9.26. The summed E-state index contributed by atoms with van der Waals surface area (Å²) >= 11 is 3.08. The van der Waals surface area contributed by atoms with Crippen LogP contribution in [0.15, 0.2) is 0 Å². The maximum Gasteiger partial charge on any atom is 0.243 e. The van der Waals surface area contributed by atoms with Crippen molar-refractivity contribution < 1.29 is 33.4 Å². The van der Waals surface area contributed by atoms with E-state index in [-0.39, 0.29) is 75.6 Å². The third-order valence-electron chi connectivity index (χ3n) is 5.63. The first-order chi connectivity index (χ1) is 19.7. The Morgan fingerprint density at radius 1 is 0.780 bits per heavy atom. The van der Waals surface area contributed by atoms with Gasteiger partial charge in [0.1, 0.15) is 17.6 Å². The van der Waals surface area contributed by atoms with E-state index in [1.165, 1.54) is 11.8 Å². The lowest BCUT2D eigenvalue weighted by Crippen LogP contribution is -2.49. The van der Waals surface area contributed by atoms with Crippen LogP contribution in [0, 0.1) is 5.92 Å². The van der Waals surface area contributed by atoms with E-state index in [2.05, 4.69) is 10.6 Å². The number of Topliss-reactive ketones (excluding diaryl/α,β-unsaturated/α-hetero) is 2. The zero-order valence-corrected chi connectivity index (χ0v) is 25.7. The number of ether oxygens (including phenoxy) is 2. The predicted octanol–water partition coefficient (Wildman–Crippen LogP) is 0.190. The van der Waals surface area contributed by atoms with Gasteiger partial charge in [-0.3, -0.25) is 24.0 Å². The average Bonchev–Trinajstić information content (AvgIpc) is 2.95. The van der Waals surface area contributed by atoms with Gasteiger partial charge in [-0.05, 0) is 17.9 Å². The van der Waals surface area contributed by atoms with Crippen LogP contribution in [-0.4, -0.2) is 114 Å². The van der Waals surface area contributed by atoms with Crippen LogP contribution in [0.3, 0.4) is 0 Å². The Labute approximate surface area is 255 Å². The molecule has 0 saturated carbocycles. The largest absolute Gasteiger partial charge is 0.381 e. The summed E-state index contributed by atoms with van der Waals surface area (Å²) in [5.41, 5.74) is 10.7. The SMILES string of the molecule is [B]CCCSCC(CC(=O)CCOCCNC(=O)C(CSCCC[B])NC(=O)CCOCCCC(=O)CN)C(N)=O. The molecule has 0 spiro atoms. The molecule has 11 nitrogen and oxygen atoms in total. The number of hydrogen-bond acceptors (Lipinski definition) is 10. The number of thioether (sulfide) groups is 2. The van der Waals surface area contributed by atoms with Gasteiger partial charge in [-0.1, -0.05) is 25.5 Å². The minimum atomic E-state index is -0.734. The van der Waals surface area contributed by atoms with Crippen LogP contribution >= 0.6 is 23.5 Å². The number of amides is 3. The molecule has 3 amide bonds. The summed E-state index contributed by atoms with van der Waals surface area (Å²) in [5, 5.41) is 5.49. The number of rotatable bonds is 29. The summed E-state index contributed by atoms with van der Waals surface area (Å²) in [6.45, 7) is 1.10. The molecule has 0 aromatic heterocycles. The number of carbonyl (C=O) groups is 5. The second-order valence-corrected chi connectivity index (χ2v) is 11.6. The fraction of sp³-hybridized carbons (Fsp3) is 0.808. The highest BCUT2D eigenvalue weighted by atomic mass is 32.2. The molecule has 2 atom stereocenters. The highest BCUT2D eigenvalue weighted by molar-refractivity contribution is 7.99. The molecule has 230 valence electrons. The molecule has 41 heavy (non-hydrogen) atoms. The average molecular weight is 612 g/mol. The van der Waals surface area contributed by atoms with Crippen molar-refractivity contribution in [2.45, 2.75) is 63.6 Å². The van der Waals surface area contributed by atoms with Crippen LogP contribution < -0.4 is 22.1 Å².